The van der Waals surface area contributed by atoms with Gasteiger partial charge < -0.3 is 15.0 Å². The standard InChI is InChI=1S/C15H23FN2O/c1-10(17-3)15-12(16)6-5-7-14(15)18(4)13-8-9-19-11(13)2/h5-7,10-11,13,17H,8-9H2,1-4H3. The highest BCUT2D eigenvalue weighted by Gasteiger charge is 2.30. The van der Waals surface area contributed by atoms with E-state index in [1.807, 2.05) is 27.1 Å². The van der Waals surface area contributed by atoms with Gasteiger partial charge in [0.05, 0.1) is 12.1 Å². The molecule has 3 nitrogen and oxygen atoms in total. The monoisotopic (exact) mass is 266 g/mol. The lowest BCUT2D eigenvalue weighted by Crippen LogP contribution is -2.38. The Morgan fingerprint density at radius 2 is 2.21 bits per heavy atom. The van der Waals surface area contributed by atoms with Crippen LogP contribution in [0.2, 0.25) is 0 Å². The molecule has 1 saturated heterocycles. The molecule has 1 fully saturated rings. The lowest BCUT2D eigenvalue weighted by atomic mass is 10.0. The minimum atomic E-state index is -0.155. The van der Waals surface area contributed by atoms with E-state index < -0.39 is 0 Å². The van der Waals surface area contributed by atoms with Crippen LogP contribution in [0.25, 0.3) is 0 Å². The highest BCUT2D eigenvalue weighted by atomic mass is 19.1. The predicted molar refractivity (Wildman–Crippen MR) is 76.1 cm³/mol. The van der Waals surface area contributed by atoms with Gasteiger partial charge in [-0.25, -0.2) is 4.39 Å². The summed E-state index contributed by atoms with van der Waals surface area (Å²) in [6.07, 6.45) is 1.17. The average Bonchev–Trinajstić information content (AvgIpc) is 2.83. The van der Waals surface area contributed by atoms with E-state index in [0.717, 1.165) is 24.3 Å². The Labute approximate surface area is 114 Å². The predicted octanol–water partition coefficient (Wildman–Crippen LogP) is 2.72. The zero-order valence-electron chi connectivity index (χ0n) is 12.1. The van der Waals surface area contributed by atoms with E-state index in [-0.39, 0.29) is 18.0 Å². The number of nitrogens with zero attached hydrogens (tertiary/aromatic N) is 1. The number of halogens is 1. The van der Waals surface area contributed by atoms with Gasteiger partial charge >= 0.3 is 0 Å². The lowest BCUT2D eigenvalue weighted by molar-refractivity contribution is 0.118. The van der Waals surface area contributed by atoms with Crippen molar-refractivity contribution < 1.29 is 9.13 Å². The summed E-state index contributed by atoms with van der Waals surface area (Å²) >= 11 is 0. The second kappa shape index (κ2) is 5.88. The molecule has 0 spiro atoms. The van der Waals surface area contributed by atoms with Crippen LogP contribution in [-0.4, -0.2) is 32.8 Å². The third-order valence-electron chi connectivity index (χ3n) is 4.11. The van der Waals surface area contributed by atoms with Crippen molar-refractivity contribution >= 4 is 5.69 Å². The summed E-state index contributed by atoms with van der Waals surface area (Å²) in [6, 6.07) is 5.57. The first-order valence-corrected chi connectivity index (χ1v) is 6.86. The van der Waals surface area contributed by atoms with Crippen LogP contribution in [0.15, 0.2) is 18.2 Å². The number of hydrogen-bond donors (Lipinski definition) is 1. The summed E-state index contributed by atoms with van der Waals surface area (Å²) in [6.45, 7) is 4.83. The quantitative estimate of drug-likeness (QED) is 0.907. The van der Waals surface area contributed by atoms with Gasteiger partial charge in [0.2, 0.25) is 0 Å². The molecule has 1 aromatic rings. The minimum absolute atomic E-state index is 0.0173. The third kappa shape index (κ3) is 2.74. The third-order valence-corrected chi connectivity index (χ3v) is 4.11. The summed E-state index contributed by atoms with van der Waals surface area (Å²) in [5.74, 6) is -0.155. The van der Waals surface area contributed by atoms with Crippen LogP contribution < -0.4 is 10.2 Å². The summed E-state index contributed by atoms with van der Waals surface area (Å²) in [5.41, 5.74) is 1.68. The molecule has 0 aromatic heterocycles. The topological polar surface area (TPSA) is 24.5 Å². The number of benzene rings is 1. The first kappa shape index (κ1) is 14.3. The molecule has 106 valence electrons. The molecule has 3 atom stereocenters. The molecule has 0 saturated carbocycles. The summed E-state index contributed by atoms with van der Waals surface area (Å²) in [4.78, 5) is 2.16. The van der Waals surface area contributed by atoms with Gasteiger partial charge in [0.1, 0.15) is 5.82 Å². The number of rotatable bonds is 4. The van der Waals surface area contributed by atoms with Crippen molar-refractivity contribution in [3.8, 4) is 0 Å². The van der Waals surface area contributed by atoms with E-state index in [2.05, 4.69) is 17.1 Å². The molecule has 1 aliphatic rings. The summed E-state index contributed by atoms with van der Waals surface area (Å²) in [5, 5.41) is 3.12. The van der Waals surface area contributed by atoms with Crippen molar-refractivity contribution in [1.29, 1.82) is 0 Å². The fourth-order valence-electron chi connectivity index (χ4n) is 2.81. The lowest BCUT2D eigenvalue weighted by Gasteiger charge is -2.32. The van der Waals surface area contributed by atoms with Gasteiger partial charge in [0, 0.05) is 30.9 Å². The SMILES string of the molecule is CNC(C)c1c(F)cccc1N(C)C1CCOC1C. The van der Waals surface area contributed by atoms with Crippen LogP contribution in [0.4, 0.5) is 10.1 Å². The second-order valence-electron chi connectivity index (χ2n) is 5.23. The zero-order valence-corrected chi connectivity index (χ0v) is 12.1. The van der Waals surface area contributed by atoms with Crippen LogP contribution in [0, 0.1) is 5.82 Å². The maximum atomic E-state index is 14.1. The Morgan fingerprint density at radius 1 is 1.47 bits per heavy atom. The van der Waals surface area contributed by atoms with Gasteiger partial charge in [-0.15, -0.1) is 0 Å². The Morgan fingerprint density at radius 3 is 2.79 bits per heavy atom. The Bertz CT molecular complexity index is 438. The van der Waals surface area contributed by atoms with Crippen LogP contribution >= 0.6 is 0 Å². The van der Waals surface area contributed by atoms with Crippen molar-refractivity contribution in [2.24, 2.45) is 0 Å². The Hall–Kier alpha value is -1.13. The average molecular weight is 266 g/mol. The molecule has 0 aliphatic carbocycles. The Kier molecular flexibility index (Phi) is 4.42. The van der Waals surface area contributed by atoms with Crippen LogP contribution in [0.1, 0.15) is 31.9 Å². The molecule has 1 N–H and O–H groups in total. The van der Waals surface area contributed by atoms with Crippen molar-refractivity contribution in [3.05, 3.63) is 29.6 Å². The number of nitrogens with one attached hydrogen (secondary N) is 1. The maximum absolute atomic E-state index is 14.1. The molecular weight excluding hydrogens is 243 g/mol. The highest BCUT2D eigenvalue weighted by molar-refractivity contribution is 5.56. The van der Waals surface area contributed by atoms with E-state index in [0.29, 0.717) is 6.04 Å². The maximum Gasteiger partial charge on any atom is 0.130 e. The van der Waals surface area contributed by atoms with E-state index in [9.17, 15) is 4.39 Å². The largest absolute Gasteiger partial charge is 0.376 e. The highest BCUT2D eigenvalue weighted by Crippen LogP contribution is 2.32. The smallest absolute Gasteiger partial charge is 0.130 e. The van der Waals surface area contributed by atoms with Gasteiger partial charge in [-0.05, 0) is 39.4 Å². The van der Waals surface area contributed by atoms with Crippen LogP contribution in [0.5, 0.6) is 0 Å². The number of likely N-dealkylation sites (N-methyl/N-ethyl adjacent to an activating group) is 1. The van der Waals surface area contributed by atoms with Gasteiger partial charge in [0.25, 0.3) is 0 Å². The molecule has 0 bridgehead atoms. The summed E-state index contributed by atoms with van der Waals surface area (Å²) < 4.78 is 19.7. The Balaban J connectivity index is 2.35. The zero-order chi connectivity index (χ0) is 14.0. The minimum Gasteiger partial charge on any atom is -0.376 e. The fourth-order valence-corrected chi connectivity index (χ4v) is 2.81. The normalized spacial score (nSPS) is 24.5. The van der Waals surface area contributed by atoms with Crippen molar-refractivity contribution in [1.82, 2.24) is 5.32 Å². The van der Waals surface area contributed by atoms with Crippen LogP contribution in [0.3, 0.4) is 0 Å². The number of anilines is 1. The van der Waals surface area contributed by atoms with E-state index in [1.165, 1.54) is 6.07 Å². The van der Waals surface area contributed by atoms with Gasteiger partial charge in [-0.1, -0.05) is 6.07 Å². The van der Waals surface area contributed by atoms with E-state index in [4.69, 9.17) is 4.74 Å². The fraction of sp³-hybridized carbons (Fsp3) is 0.600. The molecule has 2 rings (SSSR count). The van der Waals surface area contributed by atoms with E-state index in [1.54, 1.807) is 6.07 Å². The summed E-state index contributed by atoms with van der Waals surface area (Å²) in [7, 11) is 3.87. The second-order valence-corrected chi connectivity index (χ2v) is 5.23. The molecular formula is C15H23FN2O. The molecule has 4 heteroatoms. The first-order chi connectivity index (χ1) is 9.06. The van der Waals surface area contributed by atoms with Gasteiger partial charge in [-0.2, -0.15) is 0 Å². The van der Waals surface area contributed by atoms with Crippen molar-refractivity contribution in [3.63, 3.8) is 0 Å². The van der Waals surface area contributed by atoms with Crippen molar-refractivity contribution in [2.45, 2.75) is 38.5 Å². The molecule has 0 radical (unpaired) electrons. The molecule has 0 amide bonds. The van der Waals surface area contributed by atoms with Gasteiger partial charge in [0.15, 0.2) is 0 Å². The molecule has 1 aromatic carbocycles. The number of ether oxygens (including phenoxy) is 1. The van der Waals surface area contributed by atoms with E-state index >= 15 is 0 Å². The number of hydrogen-bond acceptors (Lipinski definition) is 3. The molecule has 3 unspecified atom stereocenters. The van der Waals surface area contributed by atoms with Gasteiger partial charge in [-0.3, -0.25) is 0 Å². The molecule has 1 aliphatic heterocycles. The van der Waals surface area contributed by atoms with Crippen LogP contribution in [-0.2, 0) is 4.74 Å². The first-order valence-electron chi connectivity index (χ1n) is 6.86. The molecule has 19 heavy (non-hydrogen) atoms. The van der Waals surface area contributed by atoms with Crippen molar-refractivity contribution in [2.75, 3.05) is 25.6 Å². The molecule has 1 heterocycles.